The minimum Gasteiger partial charge on any atom is -0.365 e. The van der Waals surface area contributed by atoms with Crippen LogP contribution in [-0.2, 0) is 11.3 Å². The molecule has 30 heavy (non-hydrogen) atoms. The second-order valence-corrected chi connectivity index (χ2v) is 8.17. The fraction of sp³-hybridized carbons (Fsp3) is 0.435. The van der Waals surface area contributed by atoms with Gasteiger partial charge in [0.1, 0.15) is 5.82 Å². The predicted molar refractivity (Wildman–Crippen MR) is 121 cm³/mol. The van der Waals surface area contributed by atoms with Gasteiger partial charge in [0.15, 0.2) is 0 Å². The number of nitrogens with one attached hydrogen (secondary N) is 2. The van der Waals surface area contributed by atoms with Crippen molar-refractivity contribution in [2.24, 2.45) is 5.92 Å². The molecule has 0 aliphatic carbocycles. The summed E-state index contributed by atoms with van der Waals surface area (Å²) in [7, 11) is 0. The number of pyridine rings is 1. The van der Waals surface area contributed by atoms with Crippen molar-refractivity contribution in [1.29, 1.82) is 0 Å². The number of piperidine rings is 1. The average Bonchev–Trinajstić information content (AvgIpc) is 2.78. The molecule has 7 heteroatoms. The third kappa shape index (κ3) is 5.72. The Hall–Kier alpha value is -2.60. The van der Waals surface area contributed by atoms with Crippen LogP contribution >= 0.6 is 11.6 Å². The number of hydrogen-bond donors (Lipinski definition) is 2. The Morgan fingerprint density at radius 2 is 1.97 bits per heavy atom. The number of halogens is 1. The number of rotatable bonds is 7. The van der Waals surface area contributed by atoms with Gasteiger partial charge in [0.25, 0.3) is 5.91 Å². The number of likely N-dealkylation sites (tertiary alicyclic amines) is 1. The SMILES string of the molecule is CCC(C)C(=O)Nc1cccc(CNc2ncc(C(=O)N3CCCCC3)cc2Cl)c1. The van der Waals surface area contributed by atoms with Crippen LogP contribution < -0.4 is 10.6 Å². The van der Waals surface area contributed by atoms with E-state index in [0.29, 0.717) is 22.9 Å². The minimum absolute atomic E-state index is 0.0135. The van der Waals surface area contributed by atoms with Gasteiger partial charge in [0.05, 0.1) is 10.6 Å². The molecule has 0 bridgehead atoms. The van der Waals surface area contributed by atoms with Crippen molar-refractivity contribution in [3.05, 3.63) is 52.7 Å². The van der Waals surface area contributed by atoms with E-state index in [9.17, 15) is 9.59 Å². The number of carbonyl (C=O) groups is 2. The van der Waals surface area contributed by atoms with Crippen LogP contribution in [0.5, 0.6) is 0 Å². The molecule has 3 rings (SSSR count). The number of nitrogens with zero attached hydrogens (tertiary/aromatic N) is 2. The predicted octanol–water partition coefficient (Wildman–Crippen LogP) is 4.96. The third-order valence-electron chi connectivity index (χ3n) is 5.45. The first-order valence-corrected chi connectivity index (χ1v) is 10.9. The van der Waals surface area contributed by atoms with Crippen molar-refractivity contribution in [2.75, 3.05) is 23.7 Å². The van der Waals surface area contributed by atoms with E-state index in [4.69, 9.17) is 11.6 Å². The van der Waals surface area contributed by atoms with E-state index in [0.717, 1.165) is 43.6 Å². The molecule has 1 aromatic carbocycles. The molecule has 1 atom stereocenters. The molecule has 0 radical (unpaired) electrons. The first-order chi connectivity index (χ1) is 14.5. The number of benzene rings is 1. The molecule has 160 valence electrons. The molecule has 0 spiro atoms. The molecule has 6 nitrogen and oxygen atoms in total. The summed E-state index contributed by atoms with van der Waals surface area (Å²) in [6, 6.07) is 9.34. The second-order valence-electron chi connectivity index (χ2n) is 7.76. The Balaban J connectivity index is 1.61. The third-order valence-corrected chi connectivity index (χ3v) is 5.73. The van der Waals surface area contributed by atoms with Gasteiger partial charge in [0.2, 0.25) is 5.91 Å². The van der Waals surface area contributed by atoms with Gasteiger partial charge in [-0.05, 0) is 49.4 Å². The fourth-order valence-corrected chi connectivity index (χ4v) is 3.59. The maximum atomic E-state index is 12.6. The fourth-order valence-electron chi connectivity index (χ4n) is 3.36. The molecule has 2 N–H and O–H groups in total. The Morgan fingerprint density at radius 1 is 1.20 bits per heavy atom. The van der Waals surface area contributed by atoms with Gasteiger partial charge < -0.3 is 15.5 Å². The Bertz CT molecular complexity index is 897. The van der Waals surface area contributed by atoms with Gasteiger partial charge in [-0.2, -0.15) is 0 Å². The Labute approximate surface area is 183 Å². The van der Waals surface area contributed by atoms with E-state index >= 15 is 0 Å². The number of carbonyl (C=O) groups excluding carboxylic acids is 2. The molecule has 1 aliphatic heterocycles. The summed E-state index contributed by atoms with van der Waals surface area (Å²) in [6.07, 6.45) is 5.64. The van der Waals surface area contributed by atoms with Gasteiger partial charge in [-0.15, -0.1) is 0 Å². The standard InChI is InChI=1S/C23H29ClN4O2/c1-3-16(2)22(29)27-19-9-7-8-17(12-19)14-25-21-20(24)13-18(15-26-21)23(30)28-10-5-4-6-11-28/h7-9,12-13,15-16H,3-6,10-11,14H2,1-2H3,(H,25,26)(H,27,29). The van der Waals surface area contributed by atoms with E-state index < -0.39 is 0 Å². The van der Waals surface area contributed by atoms with E-state index in [1.807, 2.05) is 43.0 Å². The largest absolute Gasteiger partial charge is 0.365 e. The van der Waals surface area contributed by atoms with E-state index in [2.05, 4.69) is 15.6 Å². The summed E-state index contributed by atoms with van der Waals surface area (Å²) in [5, 5.41) is 6.57. The topological polar surface area (TPSA) is 74.3 Å². The smallest absolute Gasteiger partial charge is 0.255 e. The van der Waals surface area contributed by atoms with Crippen LogP contribution in [0, 0.1) is 5.92 Å². The van der Waals surface area contributed by atoms with Crippen LogP contribution in [0.4, 0.5) is 11.5 Å². The number of anilines is 2. The second kappa shape index (κ2) is 10.4. The zero-order valence-corrected chi connectivity index (χ0v) is 18.3. The van der Waals surface area contributed by atoms with Crippen LogP contribution in [0.25, 0.3) is 0 Å². The van der Waals surface area contributed by atoms with E-state index in [1.165, 1.54) is 6.42 Å². The molecular formula is C23H29ClN4O2. The van der Waals surface area contributed by atoms with Crippen molar-refractivity contribution in [3.8, 4) is 0 Å². The number of amides is 2. The summed E-state index contributed by atoms with van der Waals surface area (Å²) < 4.78 is 0. The lowest BCUT2D eigenvalue weighted by molar-refractivity contribution is -0.119. The molecule has 1 aliphatic rings. The summed E-state index contributed by atoms with van der Waals surface area (Å²) in [6.45, 7) is 5.99. The van der Waals surface area contributed by atoms with Gasteiger partial charge >= 0.3 is 0 Å². The van der Waals surface area contributed by atoms with Gasteiger partial charge in [0, 0.05) is 37.4 Å². The van der Waals surface area contributed by atoms with Crippen LogP contribution in [0.15, 0.2) is 36.5 Å². The molecule has 2 amide bonds. The normalized spacial score (nSPS) is 14.8. The quantitative estimate of drug-likeness (QED) is 0.653. The molecule has 1 aromatic heterocycles. The maximum absolute atomic E-state index is 12.6. The zero-order chi connectivity index (χ0) is 21.5. The number of aromatic nitrogens is 1. The highest BCUT2D eigenvalue weighted by Crippen LogP contribution is 2.23. The lowest BCUT2D eigenvalue weighted by Crippen LogP contribution is -2.35. The highest BCUT2D eigenvalue weighted by atomic mass is 35.5. The van der Waals surface area contributed by atoms with Gasteiger partial charge in [-0.1, -0.05) is 37.6 Å². The summed E-state index contributed by atoms with van der Waals surface area (Å²) in [5.74, 6) is 0.503. The van der Waals surface area contributed by atoms with Gasteiger partial charge in [-0.25, -0.2) is 4.98 Å². The molecule has 1 saturated heterocycles. The van der Waals surface area contributed by atoms with Crippen molar-refractivity contribution in [2.45, 2.75) is 46.1 Å². The molecule has 0 saturated carbocycles. The highest BCUT2D eigenvalue weighted by molar-refractivity contribution is 6.33. The zero-order valence-electron chi connectivity index (χ0n) is 17.6. The molecule has 1 unspecified atom stereocenters. The van der Waals surface area contributed by atoms with Crippen molar-refractivity contribution in [1.82, 2.24) is 9.88 Å². The van der Waals surface area contributed by atoms with E-state index in [-0.39, 0.29) is 17.7 Å². The summed E-state index contributed by atoms with van der Waals surface area (Å²) in [5.41, 5.74) is 2.27. The van der Waals surface area contributed by atoms with Crippen molar-refractivity contribution < 1.29 is 9.59 Å². The van der Waals surface area contributed by atoms with Crippen LogP contribution in [-0.4, -0.2) is 34.8 Å². The molecule has 1 fully saturated rings. The maximum Gasteiger partial charge on any atom is 0.255 e. The Kier molecular flexibility index (Phi) is 7.69. The van der Waals surface area contributed by atoms with Gasteiger partial charge in [-0.3, -0.25) is 9.59 Å². The van der Waals surface area contributed by atoms with E-state index in [1.54, 1.807) is 12.3 Å². The van der Waals surface area contributed by atoms with Crippen molar-refractivity contribution in [3.63, 3.8) is 0 Å². The highest BCUT2D eigenvalue weighted by Gasteiger charge is 2.19. The Morgan fingerprint density at radius 3 is 2.67 bits per heavy atom. The summed E-state index contributed by atoms with van der Waals surface area (Å²) in [4.78, 5) is 30.9. The molecular weight excluding hydrogens is 400 g/mol. The summed E-state index contributed by atoms with van der Waals surface area (Å²) >= 11 is 6.38. The average molecular weight is 429 g/mol. The minimum atomic E-state index is -0.0269. The monoisotopic (exact) mass is 428 g/mol. The lowest BCUT2D eigenvalue weighted by Gasteiger charge is -2.26. The van der Waals surface area contributed by atoms with Crippen LogP contribution in [0.1, 0.15) is 55.5 Å². The van der Waals surface area contributed by atoms with Crippen molar-refractivity contribution >= 4 is 34.9 Å². The van der Waals surface area contributed by atoms with Crippen LogP contribution in [0.3, 0.4) is 0 Å². The first kappa shape index (κ1) is 22.1. The lowest BCUT2D eigenvalue weighted by atomic mass is 10.1. The van der Waals surface area contributed by atoms with Crippen LogP contribution in [0.2, 0.25) is 5.02 Å². The molecule has 2 aromatic rings. The molecule has 2 heterocycles. The first-order valence-electron chi connectivity index (χ1n) is 10.6. The number of hydrogen-bond acceptors (Lipinski definition) is 4.